The van der Waals surface area contributed by atoms with Gasteiger partial charge in [0.2, 0.25) is 0 Å². The summed E-state index contributed by atoms with van der Waals surface area (Å²) in [5.41, 5.74) is 1.37. The Kier molecular flexibility index (Phi) is 4.44. The van der Waals surface area contributed by atoms with Gasteiger partial charge in [-0.25, -0.2) is 4.98 Å². The number of benzene rings is 1. The zero-order valence-corrected chi connectivity index (χ0v) is 12.9. The van der Waals surface area contributed by atoms with Crippen LogP contribution in [0.15, 0.2) is 54.9 Å². The van der Waals surface area contributed by atoms with E-state index in [2.05, 4.69) is 10.3 Å². The SMILES string of the molecule is COc1ccc([C@@H](NCc2cn3ccccc3n2)C(F)(F)F)cc1. The largest absolute Gasteiger partial charge is 0.497 e. The second-order valence-corrected chi connectivity index (χ2v) is 5.33. The van der Waals surface area contributed by atoms with Crippen molar-refractivity contribution >= 4 is 5.65 Å². The number of nitrogens with one attached hydrogen (secondary N) is 1. The van der Waals surface area contributed by atoms with Gasteiger partial charge in [0.05, 0.1) is 12.8 Å². The molecule has 0 aliphatic rings. The van der Waals surface area contributed by atoms with E-state index in [0.29, 0.717) is 17.1 Å². The normalized spacial score (nSPS) is 13.2. The van der Waals surface area contributed by atoms with Gasteiger partial charge in [-0.1, -0.05) is 18.2 Å². The van der Waals surface area contributed by atoms with Gasteiger partial charge in [0.1, 0.15) is 17.4 Å². The van der Waals surface area contributed by atoms with Crippen molar-refractivity contribution in [2.75, 3.05) is 7.11 Å². The highest BCUT2D eigenvalue weighted by Crippen LogP contribution is 2.33. The van der Waals surface area contributed by atoms with Gasteiger partial charge in [-0.3, -0.25) is 5.32 Å². The molecule has 0 radical (unpaired) electrons. The summed E-state index contributed by atoms with van der Waals surface area (Å²) in [4.78, 5) is 4.30. The molecule has 0 fully saturated rings. The summed E-state index contributed by atoms with van der Waals surface area (Å²) >= 11 is 0. The molecule has 0 saturated carbocycles. The number of alkyl halides is 3. The zero-order chi connectivity index (χ0) is 17.2. The monoisotopic (exact) mass is 335 g/mol. The van der Waals surface area contributed by atoms with Crippen molar-refractivity contribution in [3.8, 4) is 5.75 Å². The van der Waals surface area contributed by atoms with E-state index >= 15 is 0 Å². The molecule has 0 amide bonds. The maximum atomic E-state index is 13.4. The summed E-state index contributed by atoms with van der Waals surface area (Å²) in [6.07, 6.45) is -0.895. The molecule has 3 aromatic rings. The number of halogens is 3. The molecule has 1 atom stereocenters. The lowest BCUT2D eigenvalue weighted by atomic mass is 10.1. The van der Waals surface area contributed by atoms with Crippen molar-refractivity contribution in [1.29, 1.82) is 0 Å². The van der Waals surface area contributed by atoms with Crippen molar-refractivity contribution < 1.29 is 17.9 Å². The standard InChI is InChI=1S/C17H16F3N3O/c1-24-14-7-5-12(6-8-14)16(17(18,19)20)21-10-13-11-23-9-3-2-4-15(23)22-13/h2-9,11,16,21H,10H2,1H3/t16-/m1/s1. The first-order valence-electron chi connectivity index (χ1n) is 7.34. The molecule has 2 aromatic heterocycles. The van der Waals surface area contributed by atoms with Gasteiger partial charge in [0.15, 0.2) is 0 Å². The molecule has 0 aliphatic heterocycles. The second-order valence-electron chi connectivity index (χ2n) is 5.33. The molecule has 126 valence electrons. The van der Waals surface area contributed by atoms with E-state index < -0.39 is 12.2 Å². The molecule has 7 heteroatoms. The fraction of sp³-hybridized carbons (Fsp3) is 0.235. The van der Waals surface area contributed by atoms with Crippen LogP contribution in [0.1, 0.15) is 17.3 Å². The molecule has 0 bridgehead atoms. The Labute approximate surface area is 136 Å². The van der Waals surface area contributed by atoms with Crippen molar-refractivity contribution in [1.82, 2.24) is 14.7 Å². The van der Waals surface area contributed by atoms with Crippen LogP contribution in [-0.4, -0.2) is 22.7 Å². The molecule has 24 heavy (non-hydrogen) atoms. The summed E-state index contributed by atoms with van der Waals surface area (Å²) in [6, 6.07) is 9.54. The number of hydrogen-bond acceptors (Lipinski definition) is 3. The number of pyridine rings is 1. The summed E-state index contributed by atoms with van der Waals surface area (Å²) in [7, 11) is 1.47. The van der Waals surface area contributed by atoms with Crippen LogP contribution < -0.4 is 10.1 Å². The highest BCUT2D eigenvalue weighted by Gasteiger charge is 2.40. The van der Waals surface area contributed by atoms with Gasteiger partial charge < -0.3 is 9.14 Å². The average molecular weight is 335 g/mol. The van der Waals surface area contributed by atoms with Crippen LogP contribution in [0.3, 0.4) is 0 Å². The van der Waals surface area contributed by atoms with E-state index in [9.17, 15) is 13.2 Å². The minimum atomic E-state index is -4.41. The molecular weight excluding hydrogens is 319 g/mol. The van der Waals surface area contributed by atoms with E-state index in [1.54, 1.807) is 22.9 Å². The number of nitrogens with zero attached hydrogens (tertiary/aromatic N) is 2. The van der Waals surface area contributed by atoms with Gasteiger partial charge >= 0.3 is 6.18 Å². The molecule has 1 aromatic carbocycles. The highest BCUT2D eigenvalue weighted by atomic mass is 19.4. The van der Waals surface area contributed by atoms with Gasteiger partial charge in [-0.2, -0.15) is 13.2 Å². The van der Waals surface area contributed by atoms with Crippen molar-refractivity contribution in [2.45, 2.75) is 18.8 Å². The van der Waals surface area contributed by atoms with Crippen LogP contribution >= 0.6 is 0 Å². The number of aromatic nitrogens is 2. The molecular formula is C17H16F3N3O. The molecule has 3 rings (SSSR count). The molecule has 2 heterocycles. The topological polar surface area (TPSA) is 38.6 Å². The van der Waals surface area contributed by atoms with E-state index in [0.717, 1.165) is 0 Å². The minimum Gasteiger partial charge on any atom is -0.497 e. The van der Waals surface area contributed by atoms with E-state index in [1.165, 1.54) is 31.4 Å². The lowest BCUT2D eigenvalue weighted by Crippen LogP contribution is -2.33. The molecule has 4 nitrogen and oxygen atoms in total. The minimum absolute atomic E-state index is 0.0118. The molecule has 1 N–H and O–H groups in total. The Morgan fingerprint density at radius 2 is 1.92 bits per heavy atom. The summed E-state index contributed by atoms with van der Waals surface area (Å²) in [6.45, 7) is 0.0118. The maximum absolute atomic E-state index is 13.4. The van der Waals surface area contributed by atoms with Crippen LogP contribution in [0, 0.1) is 0 Å². The Balaban J connectivity index is 1.79. The quantitative estimate of drug-likeness (QED) is 0.772. The number of fused-ring (bicyclic) bond motifs is 1. The van der Waals surface area contributed by atoms with Gasteiger partial charge in [-0.15, -0.1) is 0 Å². The molecule has 0 saturated heterocycles. The summed E-state index contributed by atoms with van der Waals surface area (Å²) in [5, 5.41) is 2.55. The van der Waals surface area contributed by atoms with Gasteiger partial charge in [0, 0.05) is 18.9 Å². The first kappa shape index (κ1) is 16.3. The summed E-state index contributed by atoms with van der Waals surface area (Å²) in [5.74, 6) is 0.514. The lowest BCUT2D eigenvalue weighted by molar-refractivity contribution is -0.158. The zero-order valence-electron chi connectivity index (χ0n) is 12.9. The highest BCUT2D eigenvalue weighted by molar-refractivity contribution is 5.39. The number of rotatable bonds is 5. The Morgan fingerprint density at radius 1 is 1.17 bits per heavy atom. The van der Waals surface area contributed by atoms with Crippen molar-refractivity contribution in [3.63, 3.8) is 0 Å². The predicted molar refractivity (Wildman–Crippen MR) is 83.8 cm³/mol. The molecule has 0 aliphatic carbocycles. The van der Waals surface area contributed by atoms with Crippen LogP contribution in [0.2, 0.25) is 0 Å². The van der Waals surface area contributed by atoms with E-state index in [4.69, 9.17) is 4.74 Å². The van der Waals surface area contributed by atoms with Gasteiger partial charge in [-0.05, 0) is 29.8 Å². The van der Waals surface area contributed by atoms with Crippen LogP contribution in [-0.2, 0) is 6.54 Å². The van der Waals surface area contributed by atoms with Crippen molar-refractivity contribution in [2.24, 2.45) is 0 Å². The second kappa shape index (κ2) is 6.52. The molecule has 0 spiro atoms. The fourth-order valence-corrected chi connectivity index (χ4v) is 2.50. The number of imidazole rings is 1. The third kappa shape index (κ3) is 3.51. The Bertz CT molecular complexity index is 779. The first-order valence-corrected chi connectivity index (χ1v) is 7.34. The van der Waals surface area contributed by atoms with Crippen LogP contribution in [0.5, 0.6) is 5.75 Å². The van der Waals surface area contributed by atoms with Crippen molar-refractivity contribution in [3.05, 3.63) is 66.1 Å². The van der Waals surface area contributed by atoms with Crippen LogP contribution in [0.4, 0.5) is 13.2 Å². The maximum Gasteiger partial charge on any atom is 0.407 e. The van der Waals surface area contributed by atoms with Gasteiger partial charge in [0.25, 0.3) is 0 Å². The average Bonchev–Trinajstić information content (AvgIpc) is 2.97. The number of hydrogen-bond donors (Lipinski definition) is 1. The Hall–Kier alpha value is -2.54. The molecule has 0 unspecified atom stereocenters. The first-order chi connectivity index (χ1) is 11.5. The third-order valence-corrected chi connectivity index (χ3v) is 3.68. The number of methoxy groups -OCH3 is 1. The summed E-state index contributed by atoms with van der Waals surface area (Å²) < 4.78 is 46.9. The van der Waals surface area contributed by atoms with Crippen LogP contribution in [0.25, 0.3) is 5.65 Å². The Morgan fingerprint density at radius 3 is 2.54 bits per heavy atom. The number of ether oxygens (including phenoxy) is 1. The predicted octanol–water partition coefficient (Wildman–Crippen LogP) is 3.74. The van der Waals surface area contributed by atoms with E-state index in [-0.39, 0.29) is 12.1 Å². The van der Waals surface area contributed by atoms with E-state index in [1.807, 2.05) is 12.1 Å². The fourth-order valence-electron chi connectivity index (χ4n) is 2.50. The lowest BCUT2D eigenvalue weighted by Gasteiger charge is -2.22. The smallest absolute Gasteiger partial charge is 0.407 e. The third-order valence-electron chi connectivity index (χ3n) is 3.68.